The van der Waals surface area contributed by atoms with Crippen LogP contribution in [0, 0.1) is 6.42 Å². The highest BCUT2D eigenvalue weighted by molar-refractivity contribution is 4.60. The third kappa shape index (κ3) is 3.76. The van der Waals surface area contributed by atoms with Gasteiger partial charge in [0.1, 0.15) is 0 Å². The van der Waals surface area contributed by atoms with Crippen molar-refractivity contribution in [3.8, 4) is 0 Å². The zero-order valence-corrected chi connectivity index (χ0v) is 4.85. The summed E-state index contributed by atoms with van der Waals surface area (Å²) in [5.41, 5.74) is 0. The first-order valence-corrected chi connectivity index (χ1v) is 2.44. The molecule has 0 fully saturated rings. The average Bonchev–Trinajstić information content (AvgIpc) is 1.68. The predicted octanol–water partition coefficient (Wildman–Crippen LogP) is 0.879. The van der Waals surface area contributed by atoms with E-state index in [1.54, 1.807) is 0 Å². The Morgan fingerprint density at radius 2 is 2.43 bits per heavy atom. The van der Waals surface area contributed by atoms with E-state index in [4.69, 9.17) is 5.90 Å². The molecule has 0 bridgehead atoms. The van der Waals surface area contributed by atoms with Crippen LogP contribution in [-0.4, -0.2) is 6.10 Å². The van der Waals surface area contributed by atoms with E-state index in [-0.39, 0.29) is 6.10 Å². The molecule has 2 N–H and O–H groups in total. The number of hydrogen-bond acceptors (Lipinski definition) is 2. The summed E-state index contributed by atoms with van der Waals surface area (Å²) in [7, 11) is 0. The molecule has 0 aromatic rings. The van der Waals surface area contributed by atoms with E-state index >= 15 is 0 Å². The molecule has 7 heavy (non-hydrogen) atoms. The second-order valence-corrected chi connectivity index (χ2v) is 1.59. The fraction of sp³-hybridized carbons (Fsp3) is 0.800. The third-order valence-corrected chi connectivity index (χ3v) is 0.800. The third-order valence-electron chi connectivity index (χ3n) is 0.800. The molecule has 0 aliphatic heterocycles. The Hall–Kier alpha value is -0.0800. The van der Waals surface area contributed by atoms with Crippen molar-refractivity contribution in [2.45, 2.75) is 26.4 Å². The van der Waals surface area contributed by atoms with E-state index in [0.717, 1.165) is 6.42 Å². The van der Waals surface area contributed by atoms with Crippen LogP contribution in [-0.2, 0) is 4.84 Å². The monoisotopic (exact) mass is 102 g/mol. The van der Waals surface area contributed by atoms with Crippen molar-refractivity contribution in [1.29, 1.82) is 0 Å². The highest BCUT2D eigenvalue weighted by atomic mass is 16.6. The lowest BCUT2D eigenvalue weighted by molar-refractivity contribution is 0.0665. The van der Waals surface area contributed by atoms with Crippen LogP contribution >= 0.6 is 0 Å². The van der Waals surface area contributed by atoms with Crippen molar-refractivity contribution in [2.24, 2.45) is 5.90 Å². The van der Waals surface area contributed by atoms with Crippen molar-refractivity contribution in [1.82, 2.24) is 0 Å². The van der Waals surface area contributed by atoms with Gasteiger partial charge in [-0.3, -0.25) is 0 Å². The fourth-order valence-electron chi connectivity index (χ4n) is 0.387. The van der Waals surface area contributed by atoms with Crippen LogP contribution in [0.4, 0.5) is 0 Å². The smallest absolute Gasteiger partial charge is 0.0762 e. The van der Waals surface area contributed by atoms with Gasteiger partial charge in [-0.25, -0.2) is 5.90 Å². The summed E-state index contributed by atoms with van der Waals surface area (Å²) in [5, 5.41) is 0. The Morgan fingerprint density at radius 3 is 2.57 bits per heavy atom. The van der Waals surface area contributed by atoms with Crippen LogP contribution in [0.25, 0.3) is 0 Å². The van der Waals surface area contributed by atoms with Gasteiger partial charge >= 0.3 is 0 Å². The van der Waals surface area contributed by atoms with Gasteiger partial charge in [0.25, 0.3) is 0 Å². The van der Waals surface area contributed by atoms with Crippen LogP contribution in [0.1, 0.15) is 20.3 Å². The number of hydrogen-bond donors (Lipinski definition) is 1. The molecule has 0 aliphatic carbocycles. The number of nitrogens with two attached hydrogens (primary N) is 1. The minimum absolute atomic E-state index is 0.171. The lowest BCUT2D eigenvalue weighted by Gasteiger charge is -2.03. The zero-order chi connectivity index (χ0) is 5.70. The van der Waals surface area contributed by atoms with Crippen molar-refractivity contribution in [3.63, 3.8) is 0 Å². The molecular formula is C5H12NO. The summed E-state index contributed by atoms with van der Waals surface area (Å²) in [6, 6.07) is 0. The van der Waals surface area contributed by atoms with Gasteiger partial charge in [0.15, 0.2) is 0 Å². The standard InChI is InChI=1S/C5H12NO/c1-3-4-5(2)7-6/h3,5H,4,6H2,1-2H3. The quantitative estimate of drug-likeness (QED) is 0.537. The lowest BCUT2D eigenvalue weighted by Crippen LogP contribution is -2.12. The zero-order valence-electron chi connectivity index (χ0n) is 4.85. The average molecular weight is 102 g/mol. The molecule has 1 atom stereocenters. The molecule has 2 heteroatoms. The van der Waals surface area contributed by atoms with E-state index in [9.17, 15) is 0 Å². The minimum atomic E-state index is 0.171. The van der Waals surface area contributed by atoms with Crippen molar-refractivity contribution in [2.75, 3.05) is 0 Å². The molecule has 0 saturated heterocycles. The molecule has 0 aliphatic rings. The van der Waals surface area contributed by atoms with Gasteiger partial charge in [-0.05, 0) is 19.8 Å². The molecule has 0 saturated carbocycles. The van der Waals surface area contributed by atoms with E-state index < -0.39 is 0 Å². The Kier molecular flexibility index (Phi) is 4.04. The lowest BCUT2D eigenvalue weighted by atomic mass is 10.2. The molecule has 0 amide bonds. The van der Waals surface area contributed by atoms with E-state index in [2.05, 4.69) is 4.84 Å². The summed E-state index contributed by atoms with van der Waals surface area (Å²) < 4.78 is 0. The summed E-state index contributed by atoms with van der Waals surface area (Å²) >= 11 is 0. The van der Waals surface area contributed by atoms with Crippen molar-refractivity contribution < 1.29 is 4.84 Å². The van der Waals surface area contributed by atoms with Crippen LogP contribution in [0.5, 0.6) is 0 Å². The minimum Gasteiger partial charge on any atom is -0.302 e. The molecule has 2 nitrogen and oxygen atoms in total. The van der Waals surface area contributed by atoms with Crippen molar-refractivity contribution in [3.05, 3.63) is 6.42 Å². The first kappa shape index (κ1) is 6.92. The predicted molar refractivity (Wildman–Crippen MR) is 29.3 cm³/mol. The normalized spacial score (nSPS) is 14.1. The second kappa shape index (κ2) is 4.09. The van der Waals surface area contributed by atoms with Gasteiger partial charge in [-0.15, -0.1) is 0 Å². The van der Waals surface area contributed by atoms with Crippen LogP contribution < -0.4 is 5.90 Å². The summed E-state index contributed by atoms with van der Waals surface area (Å²) in [4.78, 5) is 4.46. The molecule has 1 unspecified atom stereocenters. The molecule has 0 heterocycles. The molecular weight excluding hydrogens is 90.1 g/mol. The fourth-order valence-corrected chi connectivity index (χ4v) is 0.387. The van der Waals surface area contributed by atoms with Gasteiger partial charge in [0, 0.05) is 0 Å². The molecule has 0 rings (SSSR count). The SMILES string of the molecule is C[CH]CC(C)ON. The van der Waals surface area contributed by atoms with Crippen LogP contribution in [0.15, 0.2) is 0 Å². The topological polar surface area (TPSA) is 35.2 Å². The first-order valence-electron chi connectivity index (χ1n) is 2.44. The Labute approximate surface area is 44.6 Å². The van der Waals surface area contributed by atoms with Gasteiger partial charge in [-0.2, -0.15) is 0 Å². The highest BCUT2D eigenvalue weighted by Gasteiger charge is 1.94. The van der Waals surface area contributed by atoms with Gasteiger partial charge in [0.05, 0.1) is 6.10 Å². The maximum atomic E-state index is 4.84. The van der Waals surface area contributed by atoms with Crippen molar-refractivity contribution >= 4 is 0 Å². The summed E-state index contributed by atoms with van der Waals surface area (Å²) in [6.45, 7) is 3.91. The second-order valence-electron chi connectivity index (χ2n) is 1.59. The summed E-state index contributed by atoms with van der Waals surface area (Å²) in [5.74, 6) is 4.84. The maximum Gasteiger partial charge on any atom is 0.0762 e. The highest BCUT2D eigenvalue weighted by Crippen LogP contribution is 1.94. The molecule has 1 radical (unpaired) electrons. The maximum absolute atomic E-state index is 4.84. The van der Waals surface area contributed by atoms with Gasteiger partial charge in [-0.1, -0.05) is 6.92 Å². The summed E-state index contributed by atoms with van der Waals surface area (Å²) in [6.07, 6.45) is 3.12. The first-order chi connectivity index (χ1) is 3.31. The van der Waals surface area contributed by atoms with Gasteiger partial charge in [0.2, 0.25) is 0 Å². The molecule has 0 aromatic heterocycles. The Bertz CT molecular complexity index is 39.1. The molecule has 0 aromatic carbocycles. The van der Waals surface area contributed by atoms with E-state index in [1.165, 1.54) is 0 Å². The van der Waals surface area contributed by atoms with Crippen LogP contribution in [0.2, 0.25) is 0 Å². The largest absolute Gasteiger partial charge is 0.302 e. The Balaban J connectivity index is 2.83. The molecule has 43 valence electrons. The van der Waals surface area contributed by atoms with E-state index in [1.807, 2.05) is 20.3 Å². The Morgan fingerprint density at radius 1 is 1.86 bits per heavy atom. The molecule has 0 spiro atoms. The van der Waals surface area contributed by atoms with Crippen LogP contribution in [0.3, 0.4) is 0 Å². The van der Waals surface area contributed by atoms with Gasteiger partial charge < -0.3 is 4.84 Å². The number of rotatable bonds is 3. The van der Waals surface area contributed by atoms with E-state index in [0.29, 0.717) is 0 Å².